The van der Waals surface area contributed by atoms with Crippen LogP contribution in [0.15, 0.2) is 48.5 Å². The van der Waals surface area contributed by atoms with Gasteiger partial charge >= 0.3 is 0 Å². The van der Waals surface area contributed by atoms with Crippen LogP contribution in [0.1, 0.15) is 18.5 Å². The highest BCUT2D eigenvalue weighted by Gasteiger charge is 2.06. The molecule has 0 saturated heterocycles. The summed E-state index contributed by atoms with van der Waals surface area (Å²) in [5, 5.41) is 4.17. The number of halogens is 1. The highest BCUT2D eigenvalue weighted by molar-refractivity contribution is 6.30. The van der Waals surface area contributed by atoms with Crippen molar-refractivity contribution < 1.29 is 9.47 Å². The van der Waals surface area contributed by atoms with E-state index in [4.69, 9.17) is 21.1 Å². The van der Waals surface area contributed by atoms with Gasteiger partial charge < -0.3 is 14.8 Å². The molecule has 0 aliphatic carbocycles. The standard InChI is InChI=1S/C17H20ClNO2/c1-13(14-6-5-7-15(18)12-14)19-10-11-21-17-9-4-3-8-16(17)20-2/h3-9,12-13,19H,10-11H2,1-2H3/t13-/m1/s1. The Morgan fingerprint density at radius 1 is 1.10 bits per heavy atom. The summed E-state index contributed by atoms with van der Waals surface area (Å²) in [6, 6.07) is 15.7. The van der Waals surface area contributed by atoms with E-state index in [-0.39, 0.29) is 6.04 Å². The van der Waals surface area contributed by atoms with Crippen LogP contribution < -0.4 is 14.8 Å². The molecule has 0 unspecified atom stereocenters. The van der Waals surface area contributed by atoms with Crippen molar-refractivity contribution in [3.63, 3.8) is 0 Å². The number of nitrogens with one attached hydrogen (secondary N) is 1. The van der Waals surface area contributed by atoms with E-state index >= 15 is 0 Å². The van der Waals surface area contributed by atoms with Crippen LogP contribution in [0.25, 0.3) is 0 Å². The van der Waals surface area contributed by atoms with Crippen molar-refractivity contribution >= 4 is 11.6 Å². The van der Waals surface area contributed by atoms with Gasteiger partial charge in [0.15, 0.2) is 11.5 Å². The largest absolute Gasteiger partial charge is 0.493 e. The first-order valence-corrected chi connectivity index (χ1v) is 7.33. The lowest BCUT2D eigenvalue weighted by molar-refractivity contribution is 0.288. The maximum Gasteiger partial charge on any atom is 0.161 e. The molecule has 2 aromatic rings. The average molecular weight is 306 g/mol. The number of ether oxygens (including phenoxy) is 2. The molecule has 21 heavy (non-hydrogen) atoms. The Kier molecular flexibility index (Phi) is 5.90. The zero-order valence-electron chi connectivity index (χ0n) is 12.3. The Hall–Kier alpha value is -1.71. The number of hydrogen-bond acceptors (Lipinski definition) is 3. The quantitative estimate of drug-likeness (QED) is 0.782. The van der Waals surface area contributed by atoms with E-state index < -0.39 is 0 Å². The van der Waals surface area contributed by atoms with Gasteiger partial charge in [-0.1, -0.05) is 35.9 Å². The van der Waals surface area contributed by atoms with Gasteiger partial charge in [-0.2, -0.15) is 0 Å². The van der Waals surface area contributed by atoms with Gasteiger partial charge in [-0.15, -0.1) is 0 Å². The van der Waals surface area contributed by atoms with Crippen molar-refractivity contribution in [2.45, 2.75) is 13.0 Å². The van der Waals surface area contributed by atoms with E-state index in [1.165, 1.54) is 5.56 Å². The molecule has 0 radical (unpaired) electrons. The van der Waals surface area contributed by atoms with E-state index in [1.807, 2.05) is 42.5 Å². The van der Waals surface area contributed by atoms with Gasteiger partial charge in [0.1, 0.15) is 6.61 Å². The Bertz CT molecular complexity index is 574. The number of hydrogen-bond donors (Lipinski definition) is 1. The Morgan fingerprint density at radius 3 is 2.57 bits per heavy atom. The molecular weight excluding hydrogens is 286 g/mol. The zero-order valence-corrected chi connectivity index (χ0v) is 13.1. The fourth-order valence-corrected chi connectivity index (χ4v) is 2.27. The smallest absolute Gasteiger partial charge is 0.161 e. The first kappa shape index (κ1) is 15.7. The van der Waals surface area contributed by atoms with Crippen LogP contribution in [0.5, 0.6) is 11.5 Å². The lowest BCUT2D eigenvalue weighted by atomic mass is 10.1. The summed E-state index contributed by atoms with van der Waals surface area (Å²) in [7, 11) is 1.64. The molecule has 0 heterocycles. The minimum absolute atomic E-state index is 0.227. The van der Waals surface area contributed by atoms with Crippen LogP contribution in [-0.2, 0) is 0 Å². The lowest BCUT2D eigenvalue weighted by Gasteiger charge is -2.15. The second-order valence-electron chi connectivity index (χ2n) is 4.73. The molecular formula is C17H20ClNO2. The van der Waals surface area contributed by atoms with Crippen LogP contribution in [0.2, 0.25) is 5.02 Å². The zero-order chi connectivity index (χ0) is 15.1. The van der Waals surface area contributed by atoms with Crippen LogP contribution in [0, 0.1) is 0 Å². The second-order valence-corrected chi connectivity index (χ2v) is 5.17. The van der Waals surface area contributed by atoms with Crippen molar-refractivity contribution in [3.8, 4) is 11.5 Å². The number of methoxy groups -OCH3 is 1. The van der Waals surface area contributed by atoms with Crippen molar-refractivity contribution in [1.82, 2.24) is 5.32 Å². The molecule has 1 atom stereocenters. The Balaban J connectivity index is 1.79. The van der Waals surface area contributed by atoms with Gasteiger partial charge in [0, 0.05) is 17.6 Å². The minimum Gasteiger partial charge on any atom is -0.493 e. The van der Waals surface area contributed by atoms with Crippen LogP contribution in [0.3, 0.4) is 0 Å². The Morgan fingerprint density at radius 2 is 1.86 bits per heavy atom. The summed E-state index contributed by atoms with van der Waals surface area (Å²) in [6.45, 7) is 3.42. The maximum atomic E-state index is 6.00. The summed E-state index contributed by atoms with van der Waals surface area (Å²) < 4.78 is 11.0. The van der Waals surface area contributed by atoms with E-state index in [0.717, 1.165) is 23.1 Å². The second kappa shape index (κ2) is 7.91. The highest BCUT2D eigenvalue weighted by Crippen LogP contribution is 2.25. The summed E-state index contributed by atoms with van der Waals surface area (Å²) in [5.41, 5.74) is 1.17. The first-order chi connectivity index (χ1) is 10.2. The number of benzene rings is 2. The normalized spacial score (nSPS) is 12.0. The SMILES string of the molecule is COc1ccccc1OCCN[C@H](C)c1cccc(Cl)c1. The highest BCUT2D eigenvalue weighted by atomic mass is 35.5. The van der Waals surface area contributed by atoms with Crippen molar-refractivity contribution in [3.05, 3.63) is 59.1 Å². The van der Waals surface area contributed by atoms with Crippen molar-refractivity contribution in [1.29, 1.82) is 0 Å². The average Bonchev–Trinajstić information content (AvgIpc) is 2.51. The van der Waals surface area contributed by atoms with Crippen molar-refractivity contribution in [2.75, 3.05) is 20.3 Å². The monoisotopic (exact) mass is 305 g/mol. The number of para-hydroxylation sites is 2. The molecule has 0 saturated carbocycles. The summed E-state index contributed by atoms with van der Waals surface area (Å²) in [6.07, 6.45) is 0. The van der Waals surface area contributed by atoms with Crippen molar-refractivity contribution in [2.24, 2.45) is 0 Å². The maximum absolute atomic E-state index is 6.00. The van der Waals surface area contributed by atoms with Gasteiger partial charge in [-0.05, 0) is 36.8 Å². The molecule has 0 fully saturated rings. The van der Waals surface area contributed by atoms with Gasteiger partial charge in [-0.3, -0.25) is 0 Å². The van der Waals surface area contributed by atoms with Gasteiger partial charge in [0.05, 0.1) is 7.11 Å². The molecule has 0 aliphatic heterocycles. The van der Waals surface area contributed by atoms with E-state index in [0.29, 0.717) is 6.61 Å². The predicted octanol–water partition coefficient (Wildman–Crippen LogP) is 4.08. The molecule has 0 amide bonds. The fourth-order valence-electron chi connectivity index (χ4n) is 2.07. The molecule has 2 aromatic carbocycles. The molecule has 0 spiro atoms. The van der Waals surface area contributed by atoms with Gasteiger partial charge in [0.2, 0.25) is 0 Å². The topological polar surface area (TPSA) is 30.5 Å². The summed E-state index contributed by atoms with van der Waals surface area (Å²) in [5.74, 6) is 1.51. The summed E-state index contributed by atoms with van der Waals surface area (Å²) in [4.78, 5) is 0. The predicted molar refractivity (Wildman–Crippen MR) is 86.4 cm³/mol. The van der Waals surface area contributed by atoms with Crippen LogP contribution in [-0.4, -0.2) is 20.3 Å². The van der Waals surface area contributed by atoms with E-state index in [2.05, 4.69) is 18.3 Å². The van der Waals surface area contributed by atoms with E-state index in [1.54, 1.807) is 7.11 Å². The molecule has 3 nitrogen and oxygen atoms in total. The van der Waals surface area contributed by atoms with E-state index in [9.17, 15) is 0 Å². The Labute approximate surface area is 130 Å². The molecule has 1 N–H and O–H groups in total. The third kappa shape index (κ3) is 4.66. The third-order valence-electron chi connectivity index (χ3n) is 3.23. The molecule has 0 aromatic heterocycles. The first-order valence-electron chi connectivity index (χ1n) is 6.95. The van der Waals surface area contributed by atoms with Crippen LogP contribution >= 0.6 is 11.6 Å². The third-order valence-corrected chi connectivity index (χ3v) is 3.46. The minimum atomic E-state index is 0.227. The molecule has 0 aliphatic rings. The molecule has 2 rings (SSSR count). The molecule has 112 valence electrons. The van der Waals surface area contributed by atoms with Gasteiger partial charge in [-0.25, -0.2) is 0 Å². The van der Waals surface area contributed by atoms with Crippen LogP contribution in [0.4, 0.5) is 0 Å². The fraction of sp³-hybridized carbons (Fsp3) is 0.294. The number of rotatable bonds is 7. The molecule has 4 heteroatoms. The van der Waals surface area contributed by atoms with Gasteiger partial charge in [0.25, 0.3) is 0 Å². The lowest BCUT2D eigenvalue weighted by Crippen LogP contribution is -2.24. The summed E-state index contributed by atoms with van der Waals surface area (Å²) >= 11 is 6.00. The molecule has 0 bridgehead atoms.